The Bertz CT molecular complexity index is 1570. The predicted octanol–water partition coefficient (Wildman–Crippen LogP) is 5.12. The number of aromatic nitrogens is 4. The SMILES string of the molecule is C=CC(=O)Nc1cc(Nc2cc(-c3ccc4c(cnn4CC)c3)ncn2)c(OC(F)F)cc1N1CCN(C)[C@@H](C)C1. The summed E-state index contributed by atoms with van der Waals surface area (Å²) in [6, 6.07) is 11.0. The van der Waals surface area contributed by atoms with Gasteiger partial charge in [-0.3, -0.25) is 9.48 Å². The van der Waals surface area contributed by atoms with Crippen LogP contribution in [0.25, 0.3) is 22.2 Å². The Kier molecular flexibility index (Phi) is 8.11. The zero-order chi connectivity index (χ0) is 29.1. The van der Waals surface area contributed by atoms with E-state index in [0.29, 0.717) is 36.0 Å². The van der Waals surface area contributed by atoms with Crippen LogP contribution in [0.3, 0.4) is 0 Å². The van der Waals surface area contributed by atoms with Crippen LogP contribution >= 0.6 is 0 Å². The number of amides is 1. The molecule has 0 bridgehead atoms. The number of likely N-dealkylation sites (N-methyl/N-ethyl adjacent to an activating group) is 1. The minimum absolute atomic E-state index is 0.0771. The monoisotopic (exact) mass is 562 g/mol. The van der Waals surface area contributed by atoms with E-state index in [2.05, 4.69) is 44.1 Å². The fraction of sp³-hybridized carbons (Fsp3) is 0.310. The lowest BCUT2D eigenvalue weighted by Crippen LogP contribution is -2.50. The summed E-state index contributed by atoms with van der Waals surface area (Å²) in [5.41, 5.74) is 3.71. The lowest BCUT2D eigenvalue weighted by molar-refractivity contribution is -0.111. The predicted molar refractivity (Wildman–Crippen MR) is 156 cm³/mol. The van der Waals surface area contributed by atoms with Crippen LogP contribution in [0.5, 0.6) is 5.75 Å². The van der Waals surface area contributed by atoms with Crippen molar-refractivity contribution in [2.45, 2.75) is 33.0 Å². The van der Waals surface area contributed by atoms with Crippen LogP contribution in [0.2, 0.25) is 0 Å². The van der Waals surface area contributed by atoms with Gasteiger partial charge < -0.3 is 25.2 Å². The molecule has 1 fully saturated rings. The number of carbonyl (C=O) groups is 1. The Hall–Kier alpha value is -4.58. The number of hydrogen-bond donors (Lipinski definition) is 2. The van der Waals surface area contributed by atoms with Gasteiger partial charge in [-0.1, -0.05) is 12.6 Å². The molecule has 1 aliphatic heterocycles. The minimum Gasteiger partial charge on any atom is -0.433 e. The number of anilines is 4. The molecule has 2 aromatic heterocycles. The fourth-order valence-electron chi connectivity index (χ4n) is 4.89. The first-order chi connectivity index (χ1) is 19.7. The summed E-state index contributed by atoms with van der Waals surface area (Å²) in [6.45, 7) is 7.42. The van der Waals surface area contributed by atoms with Crippen molar-refractivity contribution in [3.8, 4) is 17.0 Å². The second-order valence-electron chi connectivity index (χ2n) is 9.86. The normalized spacial score (nSPS) is 15.8. The van der Waals surface area contributed by atoms with Gasteiger partial charge in [-0.05, 0) is 45.2 Å². The number of rotatable bonds is 9. The molecule has 0 unspecified atom stereocenters. The summed E-state index contributed by atoms with van der Waals surface area (Å²) in [5.74, 6) is -0.139. The second-order valence-corrected chi connectivity index (χ2v) is 9.86. The van der Waals surface area contributed by atoms with E-state index in [0.717, 1.165) is 35.6 Å². The zero-order valence-electron chi connectivity index (χ0n) is 23.1. The number of halogens is 2. The average Bonchev–Trinajstić information content (AvgIpc) is 3.38. The van der Waals surface area contributed by atoms with Gasteiger partial charge in [0, 0.05) is 55.3 Å². The second kappa shape index (κ2) is 11.9. The summed E-state index contributed by atoms with van der Waals surface area (Å²) in [6.07, 6.45) is 4.36. The molecule has 10 nitrogen and oxygen atoms in total. The highest BCUT2D eigenvalue weighted by Gasteiger charge is 2.25. The molecule has 2 aromatic carbocycles. The van der Waals surface area contributed by atoms with Crippen molar-refractivity contribution in [2.24, 2.45) is 0 Å². The highest BCUT2D eigenvalue weighted by Crippen LogP contribution is 2.40. The van der Waals surface area contributed by atoms with Crippen LogP contribution in [0.15, 0.2) is 61.6 Å². The molecule has 0 aliphatic carbocycles. The third-order valence-corrected chi connectivity index (χ3v) is 7.22. The Balaban J connectivity index is 1.51. The smallest absolute Gasteiger partial charge is 0.387 e. The highest BCUT2D eigenvalue weighted by atomic mass is 19.3. The zero-order valence-corrected chi connectivity index (χ0v) is 23.1. The van der Waals surface area contributed by atoms with E-state index in [1.54, 1.807) is 18.3 Å². The van der Waals surface area contributed by atoms with Crippen molar-refractivity contribution in [1.82, 2.24) is 24.6 Å². The molecule has 0 radical (unpaired) electrons. The van der Waals surface area contributed by atoms with Gasteiger partial charge in [0.05, 0.1) is 34.5 Å². The average molecular weight is 563 g/mol. The topological polar surface area (TPSA) is 100 Å². The summed E-state index contributed by atoms with van der Waals surface area (Å²) < 4.78 is 33.9. The van der Waals surface area contributed by atoms with Gasteiger partial charge in [-0.25, -0.2) is 9.97 Å². The summed E-state index contributed by atoms with van der Waals surface area (Å²) in [7, 11) is 2.03. The van der Waals surface area contributed by atoms with Crippen LogP contribution in [-0.4, -0.2) is 69.9 Å². The van der Waals surface area contributed by atoms with Gasteiger partial charge in [0.15, 0.2) is 5.75 Å². The maximum atomic E-state index is 13.5. The van der Waals surface area contributed by atoms with E-state index in [9.17, 15) is 13.6 Å². The van der Waals surface area contributed by atoms with Crippen LogP contribution in [0.1, 0.15) is 13.8 Å². The minimum atomic E-state index is -3.06. The van der Waals surface area contributed by atoms with Gasteiger partial charge in [-0.15, -0.1) is 0 Å². The molecule has 1 saturated heterocycles. The van der Waals surface area contributed by atoms with E-state index in [4.69, 9.17) is 4.74 Å². The third kappa shape index (κ3) is 6.12. The molecule has 0 saturated carbocycles. The number of hydrogen-bond acceptors (Lipinski definition) is 8. The Morgan fingerprint density at radius 1 is 1.20 bits per heavy atom. The maximum Gasteiger partial charge on any atom is 0.387 e. The number of carbonyl (C=O) groups excluding carboxylic acids is 1. The summed E-state index contributed by atoms with van der Waals surface area (Å²) in [5, 5.41) is 11.3. The lowest BCUT2D eigenvalue weighted by Gasteiger charge is -2.40. The number of nitrogens with one attached hydrogen (secondary N) is 2. The van der Waals surface area contributed by atoms with Crippen molar-refractivity contribution in [3.63, 3.8) is 0 Å². The number of piperazine rings is 1. The van der Waals surface area contributed by atoms with Crippen LogP contribution in [0.4, 0.5) is 31.7 Å². The molecular formula is C29H32F2N8O2. The van der Waals surface area contributed by atoms with Crippen molar-refractivity contribution in [1.29, 1.82) is 0 Å². The first-order valence-electron chi connectivity index (χ1n) is 13.3. The van der Waals surface area contributed by atoms with E-state index in [-0.39, 0.29) is 17.5 Å². The first kappa shape index (κ1) is 28.0. The third-order valence-electron chi connectivity index (χ3n) is 7.22. The molecule has 4 aromatic rings. The molecule has 12 heteroatoms. The van der Waals surface area contributed by atoms with Crippen molar-refractivity contribution in [2.75, 3.05) is 42.2 Å². The van der Waals surface area contributed by atoms with Gasteiger partial charge in [0.2, 0.25) is 5.91 Å². The van der Waals surface area contributed by atoms with E-state index in [1.807, 2.05) is 41.8 Å². The molecular weight excluding hydrogens is 530 g/mol. The molecule has 3 heterocycles. The highest BCUT2D eigenvalue weighted by molar-refractivity contribution is 6.02. The molecule has 5 rings (SSSR count). The van der Waals surface area contributed by atoms with Crippen LogP contribution in [-0.2, 0) is 11.3 Å². The molecule has 41 heavy (non-hydrogen) atoms. The lowest BCUT2D eigenvalue weighted by atomic mass is 10.1. The van der Waals surface area contributed by atoms with Crippen molar-refractivity contribution in [3.05, 3.63) is 61.6 Å². The van der Waals surface area contributed by atoms with E-state index >= 15 is 0 Å². The Labute approximate surface area is 236 Å². The molecule has 1 amide bonds. The maximum absolute atomic E-state index is 13.5. The molecule has 1 atom stereocenters. The largest absolute Gasteiger partial charge is 0.433 e. The number of alkyl halides is 2. The van der Waals surface area contributed by atoms with Crippen molar-refractivity contribution >= 4 is 39.7 Å². The van der Waals surface area contributed by atoms with Crippen LogP contribution < -0.4 is 20.3 Å². The van der Waals surface area contributed by atoms with E-state index < -0.39 is 12.5 Å². The van der Waals surface area contributed by atoms with Gasteiger partial charge in [0.1, 0.15) is 12.1 Å². The van der Waals surface area contributed by atoms with Gasteiger partial charge in [0.25, 0.3) is 0 Å². The number of aryl methyl sites for hydroxylation is 1. The molecule has 1 aliphatic rings. The number of fused-ring (bicyclic) bond motifs is 1. The van der Waals surface area contributed by atoms with Crippen LogP contribution in [0, 0.1) is 0 Å². The Morgan fingerprint density at radius 2 is 2.02 bits per heavy atom. The summed E-state index contributed by atoms with van der Waals surface area (Å²) in [4.78, 5) is 25.3. The summed E-state index contributed by atoms with van der Waals surface area (Å²) >= 11 is 0. The number of nitrogens with zero attached hydrogens (tertiary/aromatic N) is 6. The molecule has 214 valence electrons. The molecule has 2 N–H and O–H groups in total. The standard InChI is InChI=1S/C29H32F2N8O2/c1-5-28(40)36-22-12-23(26(41-29(30)31)14-25(22)38-10-9-37(4)18(3)16-38)35-27-13-21(32-17-33-27)19-7-8-24-20(11-19)15-34-39(24)6-2/h5,7-8,11-15,17-18,29H,1,6,9-10,16H2,2-4H3,(H,36,40)(H,32,33,35)/t18-/m0/s1. The molecule has 0 spiro atoms. The number of ether oxygens (including phenoxy) is 1. The number of benzene rings is 2. The van der Waals surface area contributed by atoms with E-state index in [1.165, 1.54) is 12.4 Å². The van der Waals surface area contributed by atoms with Crippen molar-refractivity contribution < 1.29 is 18.3 Å². The quantitative estimate of drug-likeness (QED) is 0.271. The first-order valence-corrected chi connectivity index (χ1v) is 13.3. The van der Waals surface area contributed by atoms with Gasteiger partial charge >= 0.3 is 6.61 Å². The fourth-order valence-corrected chi connectivity index (χ4v) is 4.89. The Morgan fingerprint density at radius 3 is 2.76 bits per heavy atom. The van der Waals surface area contributed by atoms with Gasteiger partial charge in [-0.2, -0.15) is 13.9 Å².